The number of benzene rings is 4. The first kappa shape index (κ1) is 27.4. The van der Waals surface area contributed by atoms with Crippen LogP contribution in [0.5, 0.6) is 5.75 Å². The summed E-state index contributed by atoms with van der Waals surface area (Å²) in [6, 6.07) is 29.9. The number of halogens is 3. The maximum Gasteiger partial charge on any atom is 0.267 e. The Hall–Kier alpha value is -3.20. The van der Waals surface area contributed by atoms with E-state index in [2.05, 4.69) is 31.9 Å². The third-order valence-corrected chi connectivity index (χ3v) is 8.00. The molecule has 4 aromatic carbocycles. The summed E-state index contributed by atoms with van der Waals surface area (Å²) < 4.78 is 21.3. The van der Waals surface area contributed by atoms with Crippen LogP contribution in [-0.4, -0.2) is 16.0 Å². The average molecular weight is 666 g/mol. The van der Waals surface area contributed by atoms with Gasteiger partial charge in [0.2, 0.25) is 0 Å². The van der Waals surface area contributed by atoms with Crippen molar-refractivity contribution < 1.29 is 13.9 Å². The van der Waals surface area contributed by atoms with E-state index in [0.29, 0.717) is 40.0 Å². The number of carbonyl (C=O) groups excluding carboxylic acids is 1. The molecule has 0 aliphatic carbocycles. The lowest BCUT2D eigenvalue weighted by Crippen LogP contribution is -2.28. The summed E-state index contributed by atoms with van der Waals surface area (Å²) in [4.78, 5) is 20.8. The molecule has 0 bridgehead atoms. The van der Waals surface area contributed by atoms with Gasteiger partial charge in [0.05, 0.1) is 22.5 Å². The van der Waals surface area contributed by atoms with Crippen LogP contribution < -0.4 is 4.74 Å². The minimum Gasteiger partial charge on any atom is -0.487 e. The summed E-state index contributed by atoms with van der Waals surface area (Å²) in [5.74, 6) is 0.123. The fourth-order valence-electron chi connectivity index (χ4n) is 4.04. The van der Waals surface area contributed by atoms with Crippen LogP contribution in [0.4, 0.5) is 4.39 Å². The molecule has 1 aliphatic rings. The first-order valence-electron chi connectivity index (χ1n) is 12.2. The van der Waals surface area contributed by atoms with Gasteiger partial charge in [0, 0.05) is 10.0 Å². The molecule has 39 heavy (non-hydrogen) atoms. The Morgan fingerprint density at radius 3 is 2.28 bits per heavy atom. The van der Waals surface area contributed by atoms with Crippen molar-refractivity contribution in [3.05, 3.63) is 139 Å². The lowest BCUT2D eigenvalue weighted by molar-refractivity contribution is -0.122. The van der Waals surface area contributed by atoms with Crippen molar-refractivity contribution in [3.63, 3.8) is 0 Å². The van der Waals surface area contributed by atoms with E-state index >= 15 is 0 Å². The molecule has 1 heterocycles. The number of aliphatic imine (C=N–C) groups is 1. The van der Waals surface area contributed by atoms with Crippen molar-refractivity contribution in [2.45, 2.75) is 19.7 Å². The van der Waals surface area contributed by atoms with Gasteiger partial charge >= 0.3 is 0 Å². The van der Waals surface area contributed by atoms with Crippen molar-refractivity contribution in [2.75, 3.05) is 0 Å². The third kappa shape index (κ3) is 7.06. The van der Waals surface area contributed by atoms with Gasteiger partial charge in [-0.3, -0.25) is 14.7 Å². The van der Waals surface area contributed by atoms with E-state index in [-0.39, 0.29) is 18.3 Å². The number of hydrogen-bond donors (Lipinski definition) is 0. The van der Waals surface area contributed by atoms with Crippen molar-refractivity contribution in [3.8, 4) is 5.75 Å². The molecule has 0 N–H and O–H groups in total. The molecule has 0 radical (unpaired) electrons. The molecule has 4 aromatic rings. The van der Waals surface area contributed by atoms with Crippen molar-refractivity contribution >= 4 is 60.8 Å². The molecule has 0 atom stereocenters. The van der Waals surface area contributed by atoms with Crippen molar-refractivity contribution in [2.24, 2.45) is 4.99 Å². The van der Waals surface area contributed by atoms with Crippen molar-refractivity contribution in [1.29, 1.82) is 0 Å². The molecule has 5 rings (SSSR count). The predicted molar refractivity (Wildman–Crippen MR) is 163 cm³/mol. The minimum atomic E-state index is -0.318. The van der Waals surface area contributed by atoms with Gasteiger partial charge in [-0.2, -0.15) is 0 Å². The monoisotopic (exact) mass is 664 g/mol. The van der Waals surface area contributed by atoms with E-state index in [0.717, 1.165) is 20.1 Å². The standard InChI is InChI=1S/C31H23Br2FN2O2S/c32-25-15-24(29(27(33)17-25)38-20-23-12-7-13-26(34)14-23)16-28-30(37)36(19-22-10-5-2-6-11-22)31(39-28)35-18-21-8-3-1-4-9-21/h1-17H,18-20H2/b28-16+,35-31?. The number of rotatable bonds is 8. The summed E-state index contributed by atoms with van der Waals surface area (Å²) in [6.45, 7) is 1.07. The van der Waals surface area contributed by atoms with Gasteiger partial charge in [-0.05, 0) is 74.7 Å². The minimum absolute atomic E-state index is 0.122. The highest BCUT2D eigenvalue weighted by atomic mass is 79.9. The van der Waals surface area contributed by atoms with Gasteiger partial charge in [-0.25, -0.2) is 4.39 Å². The van der Waals surface area contributed by atoms with Crippen LogP contribution >= 0.6 is 43.6 Å². The molecule has 1 fully saturated rings. The van der Waals surface area contributed by atoms with Crippen LogP contribution in [0.15, 0.2) is 116 Å². The lowest BCUT2D eigenvalue weighted by Gasteiger charge is -2.16. The Bertz CT molecular complexity index is 1550. The highest BCUT2D eigenvalue weighted by molar-refractivity contribution is 9.11. The fraction of sp³-hybridized carbons (Fsp3) is 0.0968. The topological polar surface area (TPSA) is 41.9 Å². The molecular weight excluding hydrogens is 643 g/mol. The second kappa shape index (κ2) is 12.8. The van der Waals surface area contributed by atoms with E-state index in [4.69, 9.17) is 9.73 Å². The Labute approximate surface area is 247 Å². The van der Waals surface area contributed by atoms with E-state index in [9.17, 15) is 9.18 Å². The SMILES string of the molecule is O=C1/C(=C\c2cc(Br)cc(Br)c2OCc2cccc(F)c2)SC(=NCc2ccccc2)N1Cc1ccccc1. The highest BCUT2D eigenvalue weighted by Gasteiger charge is 2.33. The van der Waals surface area contributed by atoms with Gasteiger partial charge in [-0.1, -0.05) is 88.7 Å². The molecule has 8 heteroatoms. The normalized spacial score (nSPS) is 15.4. The Kier molecular flexibility index (Phi) is 8.96. The van der Waals surface area contributed by atoms with Crippen LogP contribution in [0.25, 0.3) is 6.08 Å². The van der Waals surface area contributed by atoms with E-state index < -0.39 is 0 Å². The molecule has 1 amide bonds. The molecule has 0 spiro atoms. The molecule has 1 saturated heterocycles. The van der Waals surface area contributed by atoms with Crippen LogP contribution in [0.2, 0.25) is 0 Å². The van der Waals surface area contributed by atoms with Crippen molar-refractivity contribution in [1.82, 2.24) is 4.90 Å². The molecule has 4 nitrogen and oxygen atoms in total. The summed E-state index contributed by atoms with van der Waals surface area (Å²) in [7, 11) is 0. The second-order valence-electron chi connectivity index (χ2n) is 8.80. The first-order chi connectivity index (χ1) is 19.0. The van der Waals surface area contributed by atoms with Crippen LogP contribution in [0.3, 0.4) is 0 Å². The number of carbonyl (C=O) groups is 1. The molecule has 1 aliphatic heterocycles. The van der Waals surface area contributed by atoms with Gasteiger partial charge < -0.3 is 4.74 Å². The zero-order chi connectivity index (χ0) is 27.2. The second-order valence-corrected chi connectivity index (χ2v) is 11.6. The molecular formula is C31H23Br2FN2O2S. The largest absolute Gasteiger partial charge is 0.487 e. The van der Waals surface area contributed by atoms with E-state index in [1.54, 1.807) is 17.0 Å². The number of nitrogens with zero attached hydrogens (tertiary/aromatic N) is 2. The zero-order valence-corrected chi connectivity index (χ0v) is 24.7. The Morgan fingerprint density at radius 1 is 0.872 bits per heavy atom. The summed E-state index contributed by atoms with van der Waals surface area (Å²) in [5.41, 5.74) is 3.51. The van der Waals surface area contributed by atoms with Gasteiger partial charge in [0.1, 0.15) is 18.2 Å². The van der Waals surface area contributed by atoms with Gasteiger partial charge in [-0.15, -0.1) is 0 Å². The third-order valence-electron chi connectivity index (χ3n) is 5.91. The maximum atomic E-state index is 13.7. The molecule has 0 unspecified atom stereocenters. The number of thioether (sulfide) groups is 1. The lowest BCUT2D eigenvalue weighted by atomic mass is 10.1. The van der Waals surface area contributed by atoms with Gasteiger partial charge in [0.25, 0.3) is 5.91 Å². The zero-order valence-electron chi connectivity index (χ0n) is 20.7. The maximum absolute atomic E-state index is 13.7. The summed E-state index contributed by atoms with van der Waals surface area (Å²) in [5, 5.41) is 0.648. The van der Waals surface area contributed by atoms with Crippen LogP contribution in [0.1, 0.15) is 22.3 Å². The molecule has 0 aromatic heterocycles. The highest BCUT2D eigenvalue weighted by Crippen LogP contribution is 2.39. The predicted octanol–water partition coefficient (Wildman–Crippen LogP) is 8.60. The number of amidine groups is 1. The summed E-state index contributed by atoms with van der Waals surface area (Å²) in [6.07, 6.45) is 1.83. The fourth-order valence-corrected chi connectivity index (χ4v) is 6.38. The van der Waals surface area contributed by atoms with Gasteiger partial charge in [0.15, 0.2) is 5.17 Å². The van der Waals surface area contributed by atoms with E-state index in [1.165, 1.54) is 23.9 Å². The quantitative estimate of drug-likeness (QED) is 0.177. The molecule has 0 saturated carbocycles. The van der Waals surface area contributed by atoms with E-state index in [1.807, 2.05) is 78.9 Å². The number of hydrogen-bond acceptors (Lipinski definition) is 4. The van der Waals surface area contributed by atoms with Crippen LogP contribution in [-0.2, 0) is 24.5 Å². The number of ether oxygens (including phenoxy) is 1. The summed E-state index contributed by atoms with van der Waals surface area (Å²) >= 11 is 8.48. The molecule has 196 valence electrons. The van der Waals surface area contributed by atoms with Crippen LogP contribution in [0, 0.1) is 5.82 Å². The first-order valence-corrected chi connectivity index (χ1v) is 14.6. The Morgan fingerprint density at radius 2 is 1.56 bits per heavy atom. The Balaban J connectivity index is 1.46. The smallest absolute Gasteiger partial charge is 0.267 e. The average Bonchev–Trinajstić information content (AvgIpc) is 3.21. The number of amides is 1.